The molecule has 0 spiro atoms. The van der Waals surface area contributed by atoms with Gasteiger partial charge in [-0.2, -0.15) is 0 Å². The molecule has 1 aliphatic rings. The van der Waals surface area contributed by atoms with Gasteiger partial charge in [-0.1, -0.05) is 48.0 Å². The number of amides is 1. The Bertz CT molecular complexity index is 1080. The van der Waals surface area contributed by atoms with E-state index in [1.54, 1.807) is 12.1 Å². The summed E-state index contributed by atoms with van der Waals surface area (Å²) in [5.41, 5.74) is 4.91. The number of rotatable bonds is 4. The lowest BCUT2D eigenvalue weighted by molar-refractivity contribution is -0.114. The maximum Gasteiger partial charge on any atom is 0.221 e. The van der Waals surface area contributed by atoms with Gasteiger partial charge in [-0.15, -0.1) is 0 Å². The predicted molar refractivity (Wildman–Crippen MR) is 123 cm³/mol. The molecule has 1 amide bonds. The Kier molecular flexibility index (Phi) is 5.93. The Morgan fingerprint density at radius 1 is 1.00 bits per heavy atom. The fraction of sp³-hybridized carbons (Fsp3) is 0.208. The van der Waals surface area contributed by atoms with E-state index in [-0.39, 0.29) is 11.7 Å². The van der Waals surface area contributed by atoms with Crippen molar-refractivity contribution in [3.63, 3.8) is 0 Å². The minimum atomic E-state index is -0.182. The van der Waals surface area contributed by atoms with Gasteiger partial charge in [0, 0.05) is 49.9 Å². The van der Waals surface area contributed by atoms with Crippen LogP contribution in [0.25, 0.3) is 22.3 Å². The Morgan fingerprint density at radius 3 is 2.33 bits per heavy atom. The highest BCUT2D eigenvalue weighted by atomic mass is 35.5. The molecule has 0 unspecified atom stereocenters. The van der Waals surface area contributed by atoms with Crippen LogP contribution in [0.4, 0.5) is 11.4 Å². The van der Waals surface area contributed by atoms with E-state index in [1.807, 2.05) is 36.4 Å². The van der Waals surface area contributed by atoms with Crippen molar-refractivity contribution < 1.29 is 9.90 Å². The number of anilines is 2. The minimum Gasteiger partial charge on any atom is -0.507 e. The molecule has 3 N–H and O–H groups in total. The Morgan fingerprint density at radius 2 is 1.67 bits per heavy atom. The molecule has 0 aliphatic carbocycles. The van der Waals surface area contributed by atoms with Crippen LogP contribution in [0.5, 0.6) is 5.75 Å². The molecule has 0 saturated carbocycles. The van der Waals surface area contributed by atoms with Gasteiger partial charge in [0.1, 0.15) is 5.75 Å². The summed E-state index contributed by atoms with van der Waals surface area (Å²) in [6.07, 6.45) is 0. The van der Waals surface area contributed by atoms with E-state index in [1.165, 1.54) is 6.92 Å². The summed E-state index contributed by atoms with van der Waals surface area (Å²) in [7, 11) is 0. The molecule has 0 radical (unpaired) electrons. The molecule has 0 atom stereocenters. The van der Waals surface area contributed by atoms with Crippen LogP contribution in [-0.4, -0.2) is 37.2 Å². The predicted octanol–water partition coefficient (Wildman–Crippen LogP) is 4.75. The first-order valence-electron chi connectivity index (χ1n) is 9.98. The molecular formula is C24H24ClN3O2. The molecule has 3 aromatic carbocycles. The lowest BCUT2D eigenvalue weighted by atomic mass is 9.96. The standard InChI is InChI=1S/C24H24ClN3O2/c1-16(29)27-23-9-8-18(15-22(23)25)21-7-3-6-20(24(21)30)17-4-2-5-19(14-17)28-12-10-26-11-13-28/h2-9,14-15,26,30H,10-13H2,1H3,(H,27,29). The van der Waals surface area contributed by atoms with Crippen molar-refractivity contribution in [3.8, 4) is 28.0 Å². The third kappa shape index (κ3) is 4.27. The molecule has 154 valence electrons. The van der Waals surface area contributed by atoms with E-state index in [2.05, 4.69) is 27.7 Å². The van der Waals surface area contributed by atoms with Gasteiger partial charge < -0.3 is 20.6 Å². The zero-order valence-corrected chi connectivity index (χ0v) is 17.5. The van der Waals surface area contributed by atoms with Gasteiger partial charge in [0.05, 0.1) is 10.7 Å². The van der Waals surface area contributed by atoms with Crippen LogP contribution in [0.15, 0.2) is 60.7 Å². The smallest absolute Gasteiger partial charge is 0.221 e. The average Bonchev–Trinajstić information content (AvgIpc) is 2.76. The number of hydrogen-bond donors (Lipinski definition) is 3. The highest BCUT2D eigenvalue weighted by Crippen LogP contribution is 2.40. The van der Waals surface area contributed by atoms with Crippen molar-refractivity contribution in [2.75, 3.05) is 36.4 Å². The van der Waals surface area contributed by atoms with E-state index in [9.17, 15) is 9.90 Å². The second kappa shape index (κ2) is 8.78. The molecular weight excluding hydrogens is 398 g/mol. The molecule has 4 rings (SSSR count). The lowest BCUT2D eigenvalue weighted by Gasteiger charge is -2.29. The molecule has 0 bridgehead atoms. The zero-order valence-electron chi connectivity index (χ0n) is 16.8. The van der Waals surface area contributed by atoms with Crippen LogP contribution in [0, 0.1) is 0 Å². The number of phenols is 1. The number of nitrogens with one attached hydrogen (secondary N) is 2. The first-order valence-corrected chi connectivity index (χ1v) is 10.4. The van der Waals surface area contributed by atoms with Crippen LogP contribution in [0.3, 0.4) is 0 Å². The Balaban J connectivity index is 1.69. The van der Waals surface area contributed by atoms with Gasteiger partial charge in [0.2, 0.25) is 5.91 Å². The number of halogens is 1. The quantitative estimate of drug-likeness (QED) is 0.569. The average molecular weight is 422 g/mol. The summed E-state index contributed by atoms with van der Waals surface area (Å²) in [5, 5.41) is 17.6. The second-order valence-electron chi connectivity index (χ2n) is 7.36. The van der Waals surface area contributed by atoms with Gasteiger partial charge in [-0.25, -0.2) is 0 Å². The number of aromatic hydroxyl groups is 1. The summed E-state index contributed by atoms with van der Waals surface area (Å²) < 4.78 is 0. The summed E-state index contributed by atoms with van der Waals surface area (Å²) in [6, 6.07) is 19.3. The number of piperazine rings is 1. The molecule has 30 heavy (non-hydrogen) atoms. The fourth-order valence-electron chi connectivity index (χ4n) is 3.78. The monoisotopic (exact) mass is 421 g/mol. The maximum absolute atomic E-state index is 11.3. The van der Waals surface area contributed by atoms with Crippen LogP contribution in [-0.2, 0) is 4.79 Å². The van der Waals surface area contributed by atoms with Crippen LogP contribution in [0.1, 0.15) is 6.92 Å². The Hall–Kier alpha value is -3.02. The number of phenolic OH excluding ortho intramolecular Hbond substituents is 1. The van der Waals surface area contributed by atoms with Crippen molar-refractivity contribution in [1.29, 1.82) is 0 Å². The maximum atomic E-state index is 11.3. The number of hydrogen-bond acceptors (Lipinski definition) is 4. The van der Waals surface area contributed by atoms with Crippen molar-refractivity contribution >= 4 is 28.9 Å². The highest BCUT2D eigenvalue weighted by molar-refractivity contribution is 6.34. The van der Waals surface area contributed by atoms with Gasteiger partial charge >= 0.3 is 0 Å². The van der Waals surface area contributed by atoms with Crippen molar-refractivity contribution in [2.24, 2.45) is 0 Å². The van der Waals surface area contributed by atoms with Gasteiger partial charge in [0.15, 0.2) is 0 Å². The van der Waals surface area contributed by atoms with Crippen molar-refractivity contribution in [2.45, 2.75) is 6.92 Å². The fourth-order valence-corrected chi connectivity index (χ4v) is 4.00. The molecule has 1 heterocycles. The first-order chi connectivity index (χ1) is 14.5. The number of para-hydroxylation sites is 1. The van der Waals surface area contributed by atoms with Crippen LogP contribution >= 0.6 is 11.6 Å². The number of nitrogens with zero attached hydrogens (tertiary/aromatic N) is 1. The largest absolute Gasteiger partial charge is 0.507 e. The van der Waals surface area contributed by atoms with E-state index in [0.717, 1.165) is 48.6 Å². The molecule has 5 nitrogen and oxygen atoms in total. The van der Waals surface area contributed by atoms with Crippen molar-refractivity contribution in [1.82, 2.24) is 5.32 Å². The summed E-state index contributed by atoms with van der Waals surface area (Å²) in [6.45, 7) is 5.32. The molecule has 6 heteroatoms. The zero-order chi connectivity index (χ0) is 21.1. The number of carbonyl (C=O) groups is 1. The normalized spacial score (nSPS) is 13.9. The molecule has 1 saturated heterocycles. The van der Waals surface area contributed by atoms with Gasteiger partial charge in [-0.05, 0) is 35.4 Å². The summed E-state index contributed by atoms with van der Waals surface area (Å²) >= 11 is 6.33. The van der Waals surface area contributed by atoms with Crippen LogP contribution in [0.2, 0.25) is 5.02 Å². The minimum absolute atomic E-state index is 0.182. The lowest BCUT2D eigenvalue weighted by Crippen LogP contribution is -2.43. The third-order valence-corrected chi connectivity index (χ3v) is 5.58. The number of benzene rings is 3. The summed E-state index contributed by atoms with van der Waals surface area (Å²) in [5.74, 6) is 0.0252. The third-order valence-electron chi connectivity index (χ3n) is 5.27. The van der Waals surface area contributed by atoms with Crippen molar-refractivity contribution in [3.05, 3.63) is 65.7 Å². The second-order valence-corrected chi connectivity index (χ2v) is 7.77. The van der Waals surface area contributed by atoms with Crippen LogP contribution < -0.4 is 15.5 Å². The molecule has 1 aliphatic heterocycles. The highest BCUT2D eigenvalue weighted by Gasteiger charge is 2.15. The van der Waals surface area contributed by atoms with E-state index in [4.69, 9.17) is 11.6 Å². The molecule has 1 fully saturated rings. The topological polar surface area (TPSA) is 64.6 Å². The van der Waals surface area contributed by atoms with E-state index in [0.29, 0.717) is 16.3 Å². The first kappa shape index (κ1) is 20.3. The van der Waals surface area contributed by atoms with E-state index < -0.39 is 0 Å². The molecule has 3 aromatic rings. The van der Waals surface area contributed by atoms with E-state index >= 15 is 0 Å². The summed E-state index contributed by atoms with van der Waals surface area (Å²) in [4.78, 5) is 13.6. The SMILES string of the molecule is CC(=O)Nc1ccc(-c2cccc(-c3cccc(N4CCNCC4)c3)c2O)cc1Cl. The Labute approximate surface area is 181 Å². The van der Waals surface area contributed by atoms with Gasteiger partial charge in [0.25, 0.3) is 0 Å². The number of carbonyl (C=O) groups excluding carboxylic acids is 1. The van der Waals surface area contributed by atoms with Gasteiger partial charge in [-0.3, -0.25) is 4.79 Å². The molecule has 0 aromatic heterocycles.